The molecule has 0 aromatic carbocycles. The van der Waals surface area contributed by atoms with Gasteiger partial charge in [-0.25, -0.2) is 4.79 Å². The molecular formula is C22H36N2O3. The van der Waals surface area contributed by atoms with Crippen LogP contribution < -0.4 is 5.32 Å². The maximum Gasteiger partial charge on any atom is 0.335 e. The van der Waals surface area contributed by atoms with Crippen LogP contribution in [-0.4, -0.2) is 48.6 Å². The highest BCUT2D eigenvalue weighted by Gasteiger charge is 2.48. The molecule has 2 atom stereocenters. The van der Waals surface area contributed by atoms with E-state index in [0.29, 0.717) is 17.7 Å². The van der Waals surface area contributed by atoms with E-state index in [1.54, 1.807) is 6.92 Å². The first-order valence-corrected chi connectivity index (χ1v) is 10.9. The van der Waals surface area contributed by atoms with Gasteiger partial charge in [0.15, 0.2) is 0 Å². The molecular weight excluding hydrogens is 340 g/mol. The first kappa shape index (κ1) is 20.4. The SMILES string of the molecule is CC1=C(C(=O)NCCCN2C[C@H](C)C[C@H](C)C2)C2(CCCCCC2)OC1=O. The molecule has 1 N–H and O–H groups in total. The van der Waals surface area contributed by atoms with Crippen LogP contribution in [0, 0.1) is 11.8 Å². The summed E-state index contributed by atoms with van der Waals surface area (Å²) in [7, 11) is 0. The lowest BCUT2D eigenvalue weighted by Crippen LogP contribution is -2.41. The highest BCUT2D eigenvalue weighted by atomic mass is 16.6. The highest BCUT2D eigenvalue weighted by Crippen LogP contribution is 2.42. The molecule has 0 aromatic rings. The van der Waals surface area contributed by atoms with Crippen LogP contribution in [0.2, 0.25) is 0 Å². The number of carbonyl (C=O) groups is 2. The summed E-state index contributed by atoms with van der Waals surface area (Å²) in [6, 6.07) is 0. The van der Waals surface area contributed by atoms with Gasteiger partial charge in [-0.05, 0) is 63.8 Å². The maximum absolute atomic E-state index is 12.9. The molecule has 27 heavy (non-hydrogen) atoms. The molecule has 2 heterocycles. The van der Waals surface area contributed by atoms with Gasteiger partial charge >= 0.3 is 5.97 Å². The molecule has 0 unspecified atom stereocenters. The van der Waals surface area contributed by atoms with E-state index in [1.165, 1.54) is 6.42 Å². The van der Waals surface area contributed by atoms with Crippen LogP contribution in [0.3, 0.4) is 0 Å². The zero-order valence-corrected chi connectivity index (χ0v) is 17.3. The lowest BCUT2D eigenvalue weighted by Gasteiger charge is -2.35. The molecule has 3 aliphatic rings. The van der Waals surface area contributed by atoms with Gasteiger partial charge < -0.3 is 15.0 Å². The van der Waals surface area contributed by atoms with Gasteiger partial charge in [-0.3, -0.25) is 4.79 Å². The largest absolute Gasteiger partial charge is 0.451 e. The standard InChI is InChI=1S/C22H36N2O3/c1-16-13-17(2)15-24(14-16)12-8-11-23-20(25)19-18(3)21(26)27-22(19)9-6-4-5-7-10-22/h16-17H,4-15H2,1-3H3,(H,23,25)/t16-,17+. The van der Waals surface area contributed by atoms with E-state index < -0.39 is 5.60 Å². The zero-order valence-electron chi connectivity index (χ0n) is 17.3. The van der Waals surface area contributed by atoms with Crippen LogP contribution >= 0.6 is 0 Å². The Bertz CT molecular complexity index is 580. The molecule has 2 fully saturated rings. The van der Waals surface area contributed by atoms with Crippen LogP contribution in [0.5, 0.6) is 0 Å². The van der Waals surface area contributed by atoms with Crippen LogP contribution in [0.4, 0.5) is 0 Å². The molecule has 5 nitrogen and oxygen atoms in total. The van der Waals surface area contributed by atoms with Gasteiger partial charge in [0.05, 0.1) is 5.57 Å². The molecule has 1 saturated heterocycles. The summed E-state index contributed by atoms with van der Waals surface area (Å²) in [6.07, 6.45) is 8.16. The van der Waals surface area contributed by atoms with Gasteiger partial charge in [-0.1, -0.05) is 26.7 Å². The smallest absolute Gasteiger partial charge is 0.335 e. The van der Waals surface area contributed by atoms with Crippen molar-refractivity contribution in [2.24, 2.45) is 11.8 Å². The number of esters is 1. The minimum Gasteiger partial charge on any atom is -0.451 e. The van der Waals surface area contributed by atoms with E-state index in [0.717, 1.165) is 76.4 Å². The van der Waals surface area contributed by atoms with Gasteiger partial charge in [0.25, 0.3) is 5.91 Å². The second-order valence-electron chi connectivity index (χ2n) is 9.11. The van der Waals surface area contributed by atoms with Crippen LogP contribution in [-0.2, 0) is 14.3 Å². The number of nitrogens with zero attached hydrogens (tertiary/aromatic N) is 1. The first-order valence-electron chi connectivity index (χ1n) is 10.9. The Morgan fingerprint density at radius 2 is 1.78 bits per heavy atom. The highest BCUT2D eigenvalue weighted by molar-refractivity contribution is 6.07. The van der Waals surface area contributed by atoms with E-state index in [9.17, 15) is 9.59 Å². The average molecular weight is 377 g/mol. The third-order valence-corrected chi connectivity index (χ3v) is 6.44. The third-order valence-electron chi connectivity index (χ3n) is 6.44. The molecule has 3 rings (SSSR count). The molecule has 0 radical (unpaired) electrons. The summed E-state index contributed by atoms with van der Waals surface area (Å²) in [6.45, 7) is 10.4. The second kappa shape index (κ2) is 8.76. The quantitative estimate of drug-likeness (QED) is 0.590. The predicted octanol–water partition coefficient (Wildman–Crippen LogP) is 3.44. The number of carbonyl (C=O) groups excluding carboxylic acids is 2. The van der Waals surface area contributed by atoms with Crippen LogP contribution in [0.25, 0.3) is 0 Å². The van der Waals surface area contributed by atoms with Crippen molar-refractivity contribution in [1.82, 2.24) is 10.2 Å². The summed E-state index contributed by atoms with van der Waals surface area (Å²) in [4.78, 5) is 27.7. The van der Waals surface area contributed by atoms with E-state index in [1.807, 2.05) is 0 Å². The molecule has 1 spiro atoms. The summed E-state index contributed by atoms with van der Waals surface area (Å²) in [5, 5.41) is 3.07. The number of likely N-dealkylation sites (tertiary alicyclic amines) is 1. The number of hydrogen-bond acceptors (Lipinski definition) is 4. The van der Waals surface area contributed by atoms with Gasteiger partial charge in [0.1, 0.15) is 5.60 Å². The Kier molecular flexibility index (Phi) is 6.61. The van der Waals surface area contributed by atoms with Crippen molar-refractivity contribution >= 4 is 11.9 Å². The van der Waals surface area contributed by atoms with Crippen molar-refractivity contribution in [2.75, 3.05) is 26.2 Å². The van der Waals surface area contributed by atoms with Crippen LogP contribution in [0.1, 0.15) is 72.1 Å². The van der Waals surface area contributed by atoms with Crippen molar-refractivity contribution < 1.29 is 14.3 Å². The Morgan fingerprint density at radius 1 is 1.15 bits per heavy atom. The van der Waals surface area contributed by atoms with E-state index in [2.05, 4.69) is 24.1 Å². The summed E-state index contributed by atoms with van der Waals surface area (Å²) < 4.78 is 5.76. The van der Waals surface area contributed by atoms with Crippen molar-refractivity contribution in [3.63, 3.8) is 0 Å². The lowest BCUT2D eigenvalue weighted by atomic mass is 9.84. The lowest BCUT2D eigenvalue weighted by molar-refractivity contribution is -0.148. The monoisotopic (exact) mass is 376 g/mol. The Balaban J connectivity index is 1.54. The minimum absolute atomic E-state index is 0.0966. The Morgan fingerprint density at radius 3 is 2.41 bits per heavy atom. The number of nitrogens with one attached hydrogen (secondary N) is 1. The summed E-state index contributed by atoms with van der Waals surface area (Å²) >= 11 is 0. The van der Waals surface area contributed by atoms with Gasteiger partial charge in [0, 0.05) is 25.2 Å². The molecule has 0 aromatic heterocycles. The molecule has 1 amide bonds. The van der Waals surface area contributed by atoms with E-state index in [4.69, 9.17) is 4.74 Å². The van der Waals surface area contributed by atoms with E-state index >= 15 is 0 Å². The van der Waals surface area contributed by atoms with Crippen molar-refractivity contribution in [3.8, 4) is 0 Å². The van der Waals surface area contributed by atoms with Gasteiger partial charge in [-0.2, -0.15) is 0 Å². The third kappa shape index (κ3) is 4.74. The number of piperidine rings is 1. The number of amides is 1. The molecule has 5 heteroatoms. The normalized spacial score (nSPS) is 28.9. The van der Waals surface area contributed by atoms with Gasteiger partial charge in [0.2, 0.25) is 0 Å². The molecule has 152 valence electrons. The van der Waals surface area contributed by atoms with Crippen LogP contribution in [0.15, 0.2) is 11.1 Å². The topological polar surface area (TPSA) is 58.6 Å². The first-order chi connectivity index (χ1) is 12.9. The zero-order chi connectivity index (χ0) is 19.4. The molecule has 1 aliphatic carbocycles. The van der Waals surface area contributed by atoms with E-state index in [-0.39, 0.29) is 11.9 Å². The molecule has 1 saturated carbocycles. The predicted molar refractivity (Wildman–Crippen MR) is 106 cm³/mol. The fraction of sp³-hybridized carbons (Fsp3) is 0.818. The summed E-state index contributed by atoms with van der Waals surface area (Å²) in [5.74, 6) is 1.11. The number of rotatable bonds is 5. The number of hydrogen-bond donors (Lipinski definition) is 1. The molecule has 2 aliphatic heterocycles. The van der Waals surface area contributed by atoms with Gasteiger partial charge in [-0.15, -0.1) is 0 Å². The Labute approximate surface area is 163 Å². The average Bonchev–Trinajstić information content (AvgIpc) is 2.75. The minimum atomic E-state index is -0.667. The fourth-order valence-electron chi connectivity index (χ4n) is 5.35. The fourth-order valence-corrected chi connectivity index (χ4v) is 5.35. The van der Waals surface area contributed by atoms with Crippen molar-refractivity contribution in [3.05, 3.63) is 11.1 Å². The maximum atomic E-state index is 12.9. The van der Waals surface area contributed by atoms with Crippen molar-refractivity contribution in [2.45, 2.75) is 77.7 Å². The summed E-state index contributed by atoms with van der Waals surface area (Å²) in [5.41, 5.74) is 0.446. The molecule has 0 bridgehead atoms. The Hall–Kier alpha value is -1.36. The number of ether oxygens (including phenoxy) is 1. The second-order valence-corrected chi connectivity index (χ2v) is 9.11. The van der Waals surface area contributed by atoms with Crippen molar-refractivity contribution in [1.29, 1.82) is 0 Å².